The summed E-state index contributed by atoms with van der Waals surface area (Å²) in [6.07, 6.45) is 2.55. The highest BCUT2D eigenvalue weighted by Crippen LogP contribution is 2.28. The molecule has 1 aliphatic carbocycles. The Morgan fingerprint density at radius 2 is 2.11 bits per heavy atom. The third-order valence-electron chi connectivity index (χ3n) is 3.38. The molecule has 0 spiro atoms. The van der Waals surface area contributed by atoms with Crippen LogP contribution in [0.25, 0.3) is 0 Å². The first-order valence-corrected chi connectivity index (χ1v) is 6.57. The molecule has 2 rings (SSSR count). The van der Waals surface area contributed by atoms with Gasteiger partial charge in [-0.25, -0.2) is 5.84 Å². The molecule has 5 heteroatoms. The summed E-state index contributed by atoms with van der Waals surface area (Å²) in [5, 5.41) is 0. The standard InChI is InChI=1S/C14H21N3O2/c1-19-9-8-17(13-6-7-13)10-11-2-4-12(5-3-11)14(18)16-15/h2-5,13H,6-10,15H2,1H3,(H,16,18). The molecule has 19 heavy (non-hydrogen) atoms. The van der Waals surface area contributed by atoms with Crippen LogP contribution in [0, 0.1) is 0 Å². The van der Waals surface area contributed by atoms with Gasteiger partial charge in [-0.05, 0) is 30.5 Å². The van der Waals surface area contributed by atoms with E-state index >= 15 is 0 Å². The average Bonchev–Trinajstić information content (AvgIpc) is 3.28. The highest BCUT2D eigenvalue weighted by molar-refractivity contribution is 5.93. The number of benzene rings is 1. The zero-order valence-electron chi connectivity index (χ0n) is 11.3. The number of nitrogens with zero attached hydrogens (tertiary/aromatic N) is 1. The first-order chi connectivity index (χ1) is 9.24. The second kappa shape index (κ2) is 6.65. The number of hydrogen-bond donors (Lipinski definition) is 2. The van der Waals surface area contributed by atoms with E-state index < -0.39 is 0 Å². The summed E-state index contributed by atoms with van der Waals surface area (Å²) in [5.74, 6) is 4.84. The third kappa shape index (κ3) is 4.02. The first kappa shape index (κ1) is 14.0. The van der Waals surface area contributed by atoms with E-state index in [4.69, 9.17) is 10.6 Å². The second-order valence-corrected chi connectivity index (χ2v) is 4.86. The highest BCUT2D eigenvalue weighted by Gasteiger charge is 2.28. The van der Waals surface area contributed by atoms with Crippen LogP contribution >= 0.6 is 0 Å². The molecule has 104 valence electrons. The monoisotopic (exact) mass is 263 g/mol. The summed E-state index contributed by atoms with van der Waals surface area (Å²) in [4.78, 5) is 13.8. The van der Waals surface area contributed by atoms with Gasteiger partial charge in [0.25, 0.3) is 5.91 Å². The Bertz CT molecular complexity index is 415. The van der Waals surface area contributed by atoms with Gasteiger partial charge in [-0.15, -0.1) is 0 Å². The molecule has 1 aromatic rings. The van der Waals surface area contributed by atoms with Gasteiger partial charge in [-0.3, -0.25) is 15.1 Å². The number of nitrogens with one attached hydrogen (secondary N) is 1. The van der Waals surface area contributed by atoms with Crippen molar-refractivity contribution in [3.05, 3.63) is 35.4 Å². The van der Waals surface area contributed by atoms with Gasteiger partial charge in [-0.2, -0.15) is 0 Å². The summed E-state index contributed by atoms with van der Waals surface area (Å²) in [7, 11) is 1.73. The number of nitrogens with two attached hydrogens (primary N) is 1. The molecular weight excluding hydrogens is 242 g/mol. The molecule has 0 atom stereocenters. The molecular formula is C14H21N3O2. The number of carbonyl (C=O) groups is 1. The van der Waals surface area contributed by atoms with E-state index in [0.29, 0.717) is 11.6 Å². The summed E-state index contributed by atoms with van der Waals surface area (Å²) in [6.45, 7) is 2.61. The van der Waals surface area contributed by atoms with Crippen molar-refractivity contribution in [3.63, 3.8) is 0 Å². The predicted octanol–water partition coefficient (Wildman–Crippen LogP) is 0.901. The Hall–Kier alpha value is -1.43. The van der Waals surface area contributed by atoms with E-state index in [0.717, 1.165) is 19.7 Å². The molecule has 0 bridgehead atoms. The molecule has 0 heterocycles. The van der Waals surface area contributed by atoms with E-state index in [2.05, 4.69) is 10.3 Å². The molecule has 1 amide bonds. The van der Waals surface area contributed by atoms with Gasteiger partial charge in [0.05, 0.1) is 6.61 Å². The third-order valence-corrected chi connectivity index (χ3v) is 3.38. The number of hydrazine groups is 1. The van der Waals surface area contributed by atoms with Crippen LogP contribution in [0.5, 0.6) is 0 Å². The lowest BCUT2D eigenvalue weighted by Gasteiger charge is -2.21. The van der Waals surface area contributed by atoms with E-state index in [1.54, 1.807) is 19.2 Å². The SMILES string of the molecule is COCCN(Cc1ccc(C(=O)NN)cc1)C1CC1. The van der Waals surface area contributed by atoms with Crippen LogP contribution < -0.4 is 11.3 Å². The fraction of sp³-hybridized carbons (Fsp3) is 0.500. The van der Waals surface area contributed by atoms with E-state index in [-0.39, 0.29) is 5.91 Å². The number of carbonyl (C=O) groups excluding carboxylic acids is 1. The molecule has 0 unspecified atom stereocenters. The summed E-state index contributed by atoms with van der Waals surface area (Å²) >= 11 is 0. The van der Waals surface area contributed by atoms with Gasteiger partial charge in [0, 0.05) is 31.8 Å². The number of methoxy groups -OCH3 is 1. The van der Waals surface area contributed by atoms with Crippen molar-refractivity contribution >= 4 is 5.91 Å². The summed E-state index contributed by atoms with van der Waals surface area (Å²) in [5.41, 5.74) is 3.92. The minimum atomic E-state index is -0.259. The maximum absolute atomic E-state index is 11.3. The maximum atomic E-state index is 11.3. The van der Waals surface area contributed by atoms with Gasteiger partial charge < -0.3 is 4.74 Å². The van der Waals surface area contributed by atoms with Crippen molar-refractivity contribution in [2.75, 3.05) is 20.3 Å². The molecule has 3 N–H and O–H groups in total. The van der Waals surface area contributed by atoms with Crippen molar-refractivity contribution in [2.45, 2.75) is 25.4 Å². The molecule has 0 radical (unpaired) electrons. The molecule has 0 aliphatic heterocycles. The minimum Gasteiger partial charge on any atom is -0.383 e. The van der Waals surface area contributed by atoms with Gasteiger partial charge in [-0.1, -0.05) is 12.1 Å². The molecule has 5 nitrogen and oxygen atoms in total. The van der Waals surface area contributed by atoms with Crippen molar-refractivity contribution in [1.29, 1.82) is 0 Å². The van der Waals surface area contributed by atoms with Gasteiger partial charge in [0.2, 0.25) is 0 Å². The zero-order chi connectivity index (χ0) is 13.7. The van der Waals surface area contributed by atoms with Crippen LogP contribution in [-0.2, 0) is 11.3 Å². The highest BCUT2D eigenvalue weighted by atomic mass is 16.5. The van der Waals surface area contributed by atoms with Crippen LogP contribution in [-0.4, -0.2) is 37.1 Å². The minimum absolute atomic E-state index is 0.259. The fourth-order valence-electron chi connectivity index (χ4n) is 2.12. The van der Waals surface area contributed by atoms with Crippen molar-refractivity contribution in [1.82, 2.24) is 10.3 Å². The van der Waals surface area contributed by atoms with E-state index in [9.17, 15) is 4.79 Å². The molecule has 1 saturated carbocycles. The lowest BCUT2D eigenvalue weighted by Crippen LogP contribution is -2.30. The fourth-order valence-corrected chi connectivity index (χ4v) is 2.12. The maximum Gasteiger partial charge on any atom is 0.265 e. The molecule has 0 aromatic heterocycles. The molecule has 1 fully saturated rings. The number of rotatable bonds is 7. The van der Waals surface area contributed by atoms with Crippen LogP contribution in [0.2, 0.25) is 0 Å². The lowest BCUT2D eigenvalue weighted by molar-refractivity contribution is 0.0953. The van der Waals surface area contributed by atoms with Gasteiger partial charge in [0.15, 0.2) is 0 Å². The Morgan fingerprint density at radius 1 is 1.42 bits per heavy atom. The second-order valence-electron chi connectivity index (χ2n) is 4.86. The molecule has 1 aliphatic rings. The van der Waals surface area contributed by atoms with Crippen LogP contribution in [0.3, 0.4) is 0 Å². The molecule has 0 saturated heterocycles. The van der Waals surface area contributed by atoms with Gasteiger partial charge >= 0.3 is 0 Å². The molecule has 1 aromatic carbocycles. The number of ether oxygens (including phenoxy) is 1. The Morgan fingerprint density at radius 3 is 2.63 bits per heavy atom. The summed E-state index contributed by atoms with van der Waals surface area (Å²) in [6, 6.07) is 8.26. The van der Waals surface area contributed by atoms with Crippen molar-refractivity contribution < 1.29 is 9.53 Å². The Kier molecular flexibility index (Phi) is 4.90. The van der Waals surface area contributed by atoms with Crippen molar-refractivity contribution in [2.24, 2.45) is 5.84 Å². The predicted molar refractivity (Wildman–Crippen MR) is 73.4 cm³/mol. The van der Waals surface area contributed by atoms with E-state index in [1.807, 2.05) is 12.1 Å². The normalized spacial score (nSPS) is 14.7. The lowest BCUT2D eigenvalue weighted by atomic mass is 10.1. The number of hydrogen-bond acceptors (Lipinski definition) is 4. The Labute approximate surface area is 113 Å². The van der Waals surface area contributed by atoms with Gasteiger partial charge in [0.1, 0.15) is 0 Å². The summed E-state index contributed by atoms with van der Waals surface area (Å²) < 4.78 is 5.14. The van der Waals surface area contributed by atoms with E-state index in [1.165, 1.54) is 18.4 Å². The van der Waals surface area contributed by atoms with Crippen molar-refractivity contribution in [3.8, 4) is 0 Å². The average molecular weight is 263 g/mol. The number of amides is 1. The van der Waals surface area contributed by atoms with Crippen LogP contribution in [0.4, 0.5) is 0 Å². The van der Waals surface area contributed by atoms with Crippen LogP contribution in [0.15, 0.2) is 24.3 Å². The number of nitrogen functional groups attached to an aromatic ring is 1. The largest absolute Gasteiger partial charge is 0.383 e. The topological polar surface area (TPSA) is 67.6 Å². The quantitative estimate of drug-likeness (QED) is 0.436. The first-order valence-electron chi connectivity index (χ1n) is 6.57. The smallest absolute Gasteiger partial charge is 0.265 e. The zero-order valence-corrected chi connectivity index (χ0v) is 11.3. The Balaban J connectivity index is 1.95. The van der Waals surface area contributed by atoms with Crippen LogP contribution in [0.1, 0.15) is 28.8 Å².